The maximum Gasteiger partial charge on any atom is 0.312 e. The van der Waals surface area contributed by atoms with Gasteiger partial charge in [-0.15, -0.1) is 0 Å². The van der Waals surface area contributed by atoms with Gasteiger partial charge in [0.05, 0.1) is 11.8 Å². The predicted molar refractivity (Wildman–Crippen MR) is 178 cm³/mol. The fourth-order valence-electron chi connectivity index (χ4n) is 4.23. The molecule has 6 amide bonds. The Hall–Kier alpha value is -4.69. The number of amides is 6. The first-order chi connectivity index (χ1) is 22.5. The Morgan fingerprint density at radius 1 is 0.792 bits per heavy atom. The number of hydrogen-bond acceptors (Lipinski definition) is 8. The molecule has 0 bridgehead atoms. The number of primary amides is 1. The molecule has 0 aliphatic heterocycles. The standard InChI is InChI=1S/C33H52N6O9/c1-21(2)28(39-26(41)11-7-6-8-18-35-25(40)16-17-27(42)43)30(45)38-24(10-9-19-36-32(34)47)29(44)37-23-14-12-22(13-15-23)20-48-31(46)33(3,4)5/h12-15,21,24,28H,6-11,16-20H2,1-5H3,(H,35,40)(H,37,44)(H,38,45)(H,39,41)(H,42,43)(H3,34,36,47). The minimum absolute atomic E-state index is 0.0760. The molecule has 0 saturated carbocycles. The van der Waals surface area contributed by atoms with Crippen molar-refractivity contribution >= 4 is 47.3 Å². The summed E-state index contributed by atoms with van der Waals surface area (Å²) in [7, 11) is 0. The van der Waals surface area contributed by atoms with Gasteiger partial charge in [-0.05, 0) is 70.1 Å². The van der Waals surface area contributed by atoms with Crippen molar-refractivity contribution in [1.82, 2.24) is 21.3 Å². The van der Waals surface area contributed by atoms with Crippen LogP contribution in [0.15, 0.2) is 24.3 Å². The van der Waals surface area contributed by atoms with Crippen molar-refractivity contribution in [3.63, 3.8) is 0 Å². The van der Waals surface area contributed by atoms with Crippen molar-refractivity contribution in [3.05, 3.63) is 29.8 Å². The van der Waals surface area contributed by atoms with Crippen LogP contribution in [0.1, 0.15) is 91.5 Å². The van der Waals surface area contributed by atoms with Gasteiger partial charge in [0.25, 0.3) is 0 Å². The highest BCUT2D eigenvalue weighted by molar-refractivity contribution is 5.98. The van der Waals surface area contributed by atoms with Crippen molar-refractivity contribution in [2.24, 2.45) is 17.1 Å². The lowest BCUT2D eigenvalue weighted by molar-refractivity contribution is -0.154. The Labute approximate surface area is 281 Å². The zero-order valence-corrected chi connectivity index (χ0v) is 28.6. The molecule has 1 aromatic rings. The van der Waals surface area contributed by atoms with Crippen LogP contribution in [-0.2, 0) is 40.1 Å². The molecule has 0 heterocycles. The van der Waals surface area contributed by atoms with Crippen molar-refractivity contribution in [3.8, 4) is 0 Å². The average Bonchev–Trinajstić information content (AvgIpc) is 3.00. The quantitative estimate of drug-likeness (QED) is 0.0746. The highest BCUT2D eigenvalue weighted by Crippen LogP contribution is 2.18. The van der Waals surface area contributed by atoms with Crippen LogP contribution in [0.5, 0.6) is 0 Å². The summed E-state index contributed by atoms with van der Waals surface area (Å²) in [5.41, 5.74) is 5.68. The van der Waals surface area contributed by atoms with E-state index in [1.54, 1.807) is 58.9 Å². The Morgan fingerprint density at radius 2 is 1.44 bits per heavy atom. The van der Waals surface area contributed by atoms with Crippen LogP contribution < -0.4 is 32.3 Å². The number of carboxylic acid groups (broad SMARTS) is 1. The molecule has 0 fully saturated rings. The van der Waals surface area contributed by atoms with Crippen LogP contribution in [-0.4, -0.2) is 71.9 Å². The second-order valence-electron chi connectivity index (χ2n) is 12.9. The predicted octanol–water partition coefficient (Wildman–Crippen LogP) is 2.33. The van der Waals surface area contributed by atoms with E-state index < -0.39 is 41.3 Å². The van der Waals surface area contributed by atoms with Crippen molar-refractivity contribution in [1.29, 1.82) is 0 Å². The first kappa shape index (κ1) is 41.3. The normalized spacial score (nSPS) is 12.3. The van der Waals surface area contributed by atoms with Gasteiger partial charge < -0.3 is 42.2 Å². The minimum atomic E-state index is -1.04. The maximum atomic E-state index is 13.3. The Kier molecular flexibility index (Phi) is 18.3. The minimum Gasteiger partial charge on any atom is -0.481 e. The molecule has 1 rings (SSSR count). The number of unbranched alkanes of at least 4 members (excludes halogenated alkanes) is 2. The van der Waals surface area contributed by atoms with E-state index in [0.29, 0.717) is 37.9 Å². The molecule has 2 unspecified atom stereocenters. The third-order valence-electron chi connectivity index (χ3n) is 7.04. The number of rotatable bonds is 21. The molecule has 0 aromatic heterocycles. The number of carbonyl (C=O) groups is 7. The van der Waals surface area contributed by atoms with E-state index in [4.69, 9.17) is 15.6 Å². The molecular weight excluding hydrogens is 624 g/mol. The summed E-state index contributed by atoms with van der Waals surface area (Å²) in [6.45, 7) is 9.44. The van der Waals surface area contributed by atoms with Crippen LogP contribution in [0, 0.1) is 11.3 Å². The van der Waals surface area contributed by atoms with Gasteiger partial charge in [-0.25, -0.2) is 4.79 Å². The molecule has 0 aliphatic carbocycles. The SMILES string of the molecule is CC(C)C(NC(=O)CCCCCNC(=O)CCC(=O)O)C(=O)NC(CCCNC(N)=O)C(=O)Nc1ccc(COC(=O)C(C)(C)C)cc1. The van der Waals surface area contributed by atoms with Gasteiger partial charge in [0, 0.05) is 31.6 Å². The number of benzene rings is 1. The van der Waals surface area contributed by atoms with Gasteiger partial charge in [-0.2, -0.15) is 0 Å². The lowest BCUT2D eigenvalue weighted by Gasteiger charge is -2.25. The van der Waals surface area contributed by atoms with E-state index in [2.05, 4.69) is 26.6 Å². The molecule has 48 heavy (non-hydrogen) atoms. The van der Waals surface area contributed by atoms with Gasteiger partial charge in [0.15, 0.2) is 0 Å². The average molecular weight is 677 g/mol. The van der Waals surface area contributed by atoms with Gasteiger partial charge in [0.1, 0.15) is 18.7 Å². The summed E-state index contributed by atoms with van der Waals surface area (Å²) in [6, 6.07) is 4.09. The van der Waals surface area contributed by atoms with Gasteiger partial charge in [-0.1, -0.05) is 32.4 Å². The molecule has 0 spiro atoms. The summed E-state index contributed by atoms with van der Waals surface area (Å²) in [6.07, 6.45) is 2.08. The van der Waals surface area contributed by atoms with Gasteiger partial charge in [0.2, 0.25) is 23.6 Å². The number of urea groups is 1. The van der Waals surface area contributed by atoms with Gasteiger partial charge in [-0.3, -0.25) is 28.8 Å². The van der Waals surface area contributed by atoms with Crippen LogP contribution >= 0.6 is 0 Å². The summed E-state index contributed by atoms with van der Waals surface area (Å²) in [5.74, 6) is -3.40. The number of nitrogens with one attached hydrogen (secondary N) is 5. The first-order valence-corrected chi connectivity index (χ1v) is 16.2. The summed E-state index contributed by atoms with van der Waals surface area (Å²) in [4.78, 5) is 84.6. The zero-order chi connectivity index (χ0) is 36.3. The van der Waals surface area contributed by atoms with E-state index in [1.165, 1.54) is 0 Å². The van der Waals surface area contributed by atoms with Crippen LogP contribution in [0.4, 0.5) is 10.5 Å². The molecule has 15 heteroatoms. The summed E-state index contributed by atoms with van der Waals surface area (Å²) in [5, 5.41) is 22.0. The monoisotopic (exact) mass is 676 g/mol. The zero-order valence-electron chi connectivity index (χ0n) is 28.6. The van der Waals surface area contributed by atoms with Gasteiger partial charge >= 0.3 is 18.0 Å². The van der Waals surface area contributed by atoms with Crippen molar-refractivity contribution in [2.45, 2.75) is 105 Å². The topological polar surface area (TPSA) is 235 Å². The molecular formula is C33H52N6O9. The Morgan fingerprint density at radius 3 is 2.02 bits per heavy atom. The maximum absolute atomic E-state index is 13.3. The number of ether oxygens (including phenoxy) is 1. The van der Waals surface area contributed by atoms with Crippen molar-refractivity contribution in [2.75, 3.05) is 18.4 Å². The second-order valence-corrected chi connectivity index (χ2v) is 12.9. The number of aliphatic carboxylic acids is 1. The summed E-state index contributed by atoms with van der Waals surface area (Å²) >= 11 is 0. The Balaban J connectivity index is 2.74. The smallest absolute Gasteiger partial charge is 0.312 e. The molecule has 1 aromatic carbocycles. The third-order valence-corrected chi connectivity index (χ3v) is 7.04. The fraction of sp³-hybridized carbons (Fsp3) is 0.606. The van der Waals surface area contributed by atoms with E-state index in [9.17, 15) is 33.6 Å². The number of anilines is 1. The Bertz CT molecular complexity index is 1240. The van der Waals surface area contributed by atoms with Crippen molar-refractivity contribution < 1.29 is 43.4 Å². The first-order valence-electron chi connectivity index (χ1n) is 16.2. The number of carbonyl (C=O) groups excluding carboxylic acids is 6. The molecule has 2 atom stereocenters. The molecule has 0 radical (unpaired) electrons. The second kappa shape index (κ2) is 21.2. The number of nitrogens with two attached hydrogens (primary N) is 1. The lowest BCUT2D eigenvalue weighted by atomic mass is 9.97. The molecule has 8 N–H and O–H groups in total. The number of carboxylic acids is 1. The van der Waals surface area contributed by atoms with E-state index in [-0.39, 0.29) is 62.5 Å². The molecule has 268 valence electrons. The highest BCUT2D eigenvalue weighted by atomic mass is 16.5. The van der Waals surface area contributed by atoms with E-state index in [0.717, 1.165) is 5.56 Å². The summed E-state index contributed by atoms with van der Waals surface area (Å²) < 4.78 is 5.32. The third kappa shape index (κ3) is 17.9. The largest absolute Gasteiger partial charge is 0.481 e. The van der Waals surface area contributed by atoms with Crippen LogP contribution in [0.3, 0.4) is 0 Å². The van der Waals surface area contributed by atoms with E-state index in [1.807, 2.05) is 0 Å². The fourth-order valence-corrected chi connectivity index (χ4v) is 4.23. The van der Waals surface area contributed by atoms with Crippen LogP contribution in [0.2, 0.25) is 0 Å². The molecule has 0 saturated heterocycles. The molecule has 0 aliphatic rings. The lowest BCUT2D eigenvalue weighted by Crippen LogP contribution is -2.54. The molecule has 15 nitrogen and oxygen atoms in total. The number of esters is 1. The van der Waals surface area contributed by atoms with Crippen LogP contribution in [0.25, 0.3) is 0 Å². The number of hydrogen-bond donors (Lipinski definition) is 7. The highest BCUT2D eigenvalue weighted by Gasteiger charge is 2.29. The van der Waals surface area contributed by atoms with E-state index >= 15 is 0 Å².